The summed E-state index contributed by atoms with van der Waals surface area (Å²) in [5.74, 6) is -0.130. The zero-order valence-electron chi connectivity index (χ0n) is 8.38. The Labute approximate surface area is 105 Å². The number of halogens is 5. The summed E-state index contributed by atoms with van der Waals surface area (Å²) in [6.45, 7) is -1.12. The molecule has 1 aromatic heterocycles. The van der Waals surface area contributed by atoms with Crippen molar-refractivity contribution in [2.75, 3.05) is 11.4 Å². The molecule has 1 aromatic rings. The van der Waals surface area contributed by atoms with E-state index >= 15 is 0 Å². The lowest BCUT2D eigenvalue weighted by Crippen LogP contribution is -2.37. The molecule has 9 heteroatoms. The Morgan fingerprint density at radius 2 is 1.65 bits per heavy atom. The van der Waals surface area contributed by atoms with Gasteiger partial charge in [-0.1, -0.05) is 0 Å². The molecule has 0 spiro atoms. The molecule has 0 bridgehead atoms. The average molecular weight is 287 g/mol. The predicted octanol–water partition coefficient (Wildman–Crippen LogP) is 2.71. The van der Waals surface area contributed by atoms with Crippen molar-refractivity contribution >= 4 is 29.2 Å². The van der Waals surface area contributed by atoms with Crippen LogP contribution in [0.1, 0.15) is 12.8 Å². The lowest BCUT2D eigenvalue weighted by molar-refractivity contribution is -0.120. The van der Waals surface area contributed by atoms with Crippen molar-refractivity contribution < 1.29 is 13.2 Å². The molecule has 0 aliphatic heterocycles. The maximum Gasteiger partial charge on any atom is 0.406 e. The summed E-state index contributed by atoms with van der Waals surface area (Å²) in [5.41, 5.74) is 0. The molecule has 94 valence electrons. The van der Waals surface area contributed by atoms with Gasteiger partial charge in [0.15, 0.2) is 0 Å². The lowest BCUT2D eigenvalue weighted by Gasteiger charge is -2.23. The van der Waals surface area contributed by atoms with Gasteiger partial charge in [-0.15, -0.1) is 0 Å². The fourth-order valence-corrected chi connectivity index (χ4v) is 1.74. The topological polar surface area (TPSA) is 41.9 Å². The van der Waals surface area contributed by atoms with Crippen LogP contribution in [0.4, 0.5) is 19.1 Å². The zero-order chi connectivity index (χ0) is 12.6. The van der Waals surface area contributed by atoms with E-state index in [2.05, 4.69) is 15.0 Å². The molecule has 1 fully saturated rings. The van der Waals surface area contributed by atoms with Crippen molar-refractivity contribution in [1.82, 2.24) is 15.0 Å². The molecule has 1 saturated carbocycles. The molecule has 1 heterocycles. The van der Waals surface area contributed by atoms with Crippen LogP contribution in [0.2, 0.25) is 10.6 Å². The van der Waals surface area contributed by atoms with Gasteiger partial charge >= 0.3 is 6.18 Å². The Kier molecular flexibility index (Phi) is 3.31. The van der Waals surface area contributed by atoms with E-state index in [1.807, 2.05) is 0 Å². The Morgan fingerprint density at radius 3 is 2.06 bits per heavy atom. The highest BCUT2D eigenvalue weighted by molar-refractivity contribution is 6.31. The van der Waals surface area contributed by atoms with Crippen molar-refractivity contribution in [3.63, 3.8) is 0 Å². The van der Waals surface area contributed by atoms with Gasteiger partial charge in [-0.2, -0.15) is 28.1 Å². The van der Waals surface area contributed by atoms with Crippen molar-refractivity contribution in [2.24, 2.45) is 0 Å². The highest BCUT2D eigenvalue weighted by Gasteiger charge is 2.39. The smallest absolute Gasteiger partial charge is 0.329 e. The number of aromatic nitrogens is 3. The van der Waals surface area contributed by atoms with E-state index in [-0.39, 0.29) is 22.6 Å². The minimum absolute atomic E-state index is 0.130. The number of alkyl halides is 3. The van der Waals surface area contributed by atoms with Crippen LogP contribution in [0.5, 0.6) is 0 Å². The average Bonchev–Trinajstić information content (AvgIpc) is 2.94. The quantitative estimate of drug-likeness (QED) is 0.857. The van der Waals surface area contributed by atoms with E-state index < -0.39 is 12.7 Å². The van der Waals surface area contributed by atoms with Gasteiger partial charge in [0.1, 0.15) is 6.54 Å². The van der Waals surface area contributed by atoms with Crippen molar-refractivity contribution in [1.29, 1.82) is 0 Å². The number of nitrogens with zero attached hydrogens (tertiary/aromatic N) is 4. The summed E-state index contributed by atoms with van der Waals surface area (Å²) in [6, 6.07) is -0.203. The molecule has 0 N–H and O–H groups in total. The SMILES string of the molecule is FC(F)(F)CN(c1nc(Cl)nc(Cl)n1)C1CC1. The summed E-state index contributed by atoms with van der Waals surface area (Å²) in [6.07, 6.45) is -2.97. The molecule has 17 heavy (non-hydrogen) atoms. The van der Waals surface area contributed by atoms with E-state index in [9.17, 15) is 13.2 Å². The third kappa shape index (κ3) is 3.57. The fourth-order valence-electron chi connectivity index (χ4n) is 1.39. The number of hydrogen-bond acceptors (Lipinski definition) is 4. The molecule has 0 amide bonds. The maximum atomic E-state index is 12.4. The van der Waals surface area contributed by atoms with Gasteiger partial charge < -0.3 is 4.90 Å². The zero-order valence-corrected chi connectivity index (χ0v) is 9.89. The molecule has 0 atom stereocenters. The molecular formula is C8H7Cl2F3N4. The van der Waals surface area contributed by atoms with Crippen LogP contribution in [0, 0.1) is 0 Å². The van der Waals surface area contributed by atoms with Crippen molar-refractivity contribution in [3.05, 3.63) is 10.6 Å². The Balaban J connectivity index is 2.26. The van der Waals surface area contributed by atoms with E-state index in [4.69, 9.17) is 23.2 Å². The molecule has 0 unspecified atom stereocenters. The molecule has 0 radical (unpaired) electrons. The van der Waals surface area contributed by atoms with Crippen molar-refractivity contribution in [2.45, 2.75) is 25.1 Å². The molecule has 0 saturated heterocycles. The van der Waals surface area contributed by atoms with Gasteiger partial charge in [0.2, 0.25) is 16.5 Å². The third-order valence-corrected chi connectivity index (χ3v) is 2.50. The van der Waals surface area contributed by atoms with E-state index in [0.29, 0.717) is 12.8 Å². The second-order valence-electron chi connectivity index (χ2n) is 3.65. The van der Waals surface area contributed by atoms with Gasteiger partial charge in [-0.3, -0.25) is 0 Å². The highest BCUT2D eigenvalue weighted by Crippen LogP contribution is 2.33. The molecule has 0 aromatic carbocycles. The third-order valence-electron chi connectivity index (χ3n) is 2.16. The Bertz CT molecular complexity index is 401. The first-order chi connectivity index (χ1) is 7.85. The summed E-state index contributed by atoms with van der Waals surface area (Å²) in [4.78, 5) is 11.9. The molecule has 4 nitrogen and oxygen atoms in total. The first-order valence-corrected chi connectivity index (χ1v) is 5.51. The number of hydrogen-bond donors (Lipinski definition) is 0. The molecule has 1 aliphatic carbocycles. The summed E-state index contributed by atoms with van der Waals surface area (Å²) in [5, 5.41) is -0.430. The van der Waals surface area contributed by atoms with Crippen LogP contribution >= 0.6 is 23.2 Å². The Hall–Kier alpha value is -0.820. The highest BCUT2D eigenvalue weighted by atomic mass is 35.5. The second kappa shape index (κ2) is 4.45. The lowest BCUT2D eigenvalue weighted by atomic mass is 10.5. The van der Waals surface area contributed by atoms with E-state index in [1.54, 1.807) is 0 Å². The largest absolute Gasteiger partial charge is 0.406 e. The van der Waals surface area contributed by atoms with Crippen LogP contribution < -0.4 is 4.90 Å². The minimum atomic E-state index is -4.33. The van der Waals surface area contributed by atoms with Gasteiger partial charge in [0, 0.05) is 6.04 Å². The molecule has 2 rings (SSSR count). The normalized spacial score (nSPS) is 16.1. The van der Waals surface area contributed by atoms with Gasteiger partial charge in [-0.25, -0.2) is 0 Å². The van der Waals surface area contributed by atoms with Crippen LogP contribution in [-0.4, -0.2) is 33.7 Å². The first-order valence-electron chi connectivity index (χ1n) is 4.75. The minimum Gasteiger partial charge on any atom is -0.329 e. The van der Waals surface area contributed by atoms with Crippen LogP contribution in [0.3, 0.4) is 0 Å². The van der Waals surface area contributed by atoms with Crippen LogP contribution in [-0.2, 0) is 0 Å². The van der Waals surface area contributed by atoms with Gasteiger partial charge in [0.05, 0.1) is 0 Å². The number of anilines is 1. The van der Waals surface area contributed by atoms with Crippen molar-refractivity contribution in [3.8, 4) is 0 Å². The van der Waals surface area contributed by atoms with Crippen LogP contribution in [0.15, 0.2) is 0 Å². The van der Waals surface area contributed by atoms with E-state index in [0.717, 1.165) is 4.90 Å². The van der Waals surface area contributed by atoms with Gasteiger partial charge in [0.25, 0.3) is 0 Å². The van der Waals surface area contributed by atoms with E-state index in [1.165, 1.54) is 0 Å². The first kappa shape index (κ1) is 12.6. The second-order valence-corrected chi connectivity index (χ2v) is 4.32. The molecule has 1 aliphatic rings. The number of rotatable bonds is 3. The standard InChI is InChI=1S/C8H7Cl2F3N4/c9-5-14-6(10)16-7(15-5)17(4-1-2-4)3-8(11,12)13/h4H,1-3H2. The summed E-state index contributed by atoms with van der Waals surface area (Å²) < 4.78 is 37.2. The van der Waals surface area contributed by atoms with Gasteiger partial charge in [-0.05, 0) is 36.0 Å². The summed E-state index contributed by atoms with van der Waals surface area (Å²) >= 11 is 11.1. The fraction of sp³-hybridized carbons (Fsp3) is 0.625. The van der Waals surface area contributed by atoms with Crippen LogP contribution in [0.25, 0.3) is 0 Å². The molecular weight excluding hydrogens is 280 g/mol. The predicted molar refractivity (Wildman–Crippen MR) is 56.3 cm³/mol. The Morgan fingerprint density at radius 1 is 1.12 bits per heavy atom. The maximum absolute atomic E-state index is 12.4. The monoisotopic (exact) mass is 286 g/mol. The summed E-state index contributed by atoms with van der Waals surface area (Å²) in [7, 11) is 0.